The Morgan fingerprint density at radius 3 is 2.41 bits per heavy atom. The van der Waals surface area contributed by atoms with Gasteiger partial charge >= 0.3 is 6.03 Å². The SMILES string of the molecule is CCC(NC(=O)NC(C)COc1ccc(F)cc1F)c1ccc(OC)cc1. The van der Waals surface area contributed by atoms with Gasteiger partial charge in [0.25, 0.3) is 0 Å². The minimum atomic E-state index is -0.780. The number of hydrogen-bond acceptors (Lipinski definition) is 3. The van der Waals surface area contributed by atoms with E-state index in [0.717, 1.165) is 23.4 Å². The number of amides is 2. The molecule has 2 aromatic rings. The second-order valence-electron chi connectivity index (χ2n) is 6.14. The molecule has 0 radical (unpaired) electrons. The first kappa shape index (κ1) is 20.5. The van der Waals surface area contributed by atoms with E-state index in [1.54, 1.807) is 14.0 Å². The fourth-order valence-electron chi connectivity index (χ4n) is 2.53. The Morgan fingerprint density at radius 2 is 1.81 bits per heavy atom. The summed E-state index contributed by atoms with van der Waals surface area (Å²) in [6.45, 7) is 3.75. The van der Waals surface area contributed by atoms with Crippen molar-refractivity contribution in [3.63, 3.8) is 0 Å². The summed E-state index contributed by atoms with van der Waals surface area (Å²) in [5.74, 6) is -0.765. The molecule has 2 amide bonds. The lowest BCUT2D eigenvalue weighted by Gasteiger charge is -2.21. The minimum Gasteiger partial charge on any atom is -0.497 e. The summed E-state index contributed by atoms with van der Waals surface area (Å²) >= 11 is 0. The molecule has 0 aromatic heterocycles. The summed E-state index contributed by atoms with van der Waals surface area (Å²) < 4.78 is 36.9. The molecule has 2 unspecified atom stereocenters. The van der Waals surface area contributed by atoms with Crippen LogP contribution in [0.1, 0.15) is 31.9 Å². The molecule has 2 rings (SSSR count). The lowest BCUT2D eigenvalue weighted by atomic mass is 10.0. The van der Waals surface area contributed by atoms with Crippen LogP contribution in [-0.2, 0) is 0 Å². The van der Waals surface area contributed by atoms with Crippen LogP contribution in [-0.4, -0.2) is 25.8 Å². The molecule has 0 bridgehead atoms. The van der Waals surface area contributed by atoms with Gasteiger partial charge in [-0.25, -0.2) is 13.6 Å². The van der Waals surface area contributed by atoms with Crippen molar-refractivity contribution < 1.29 is 23.0 Å². The molecule has 2 N–H and O–H groups in total. The van der Waals surface area contributed by atoms with Crippen molar-refractivity contribution in [2.75, 3.05) is 13.7 Å². The van der Waals surface area contributed by atoms with Crippen LogP contribution in [0.25, 0.3) is 0 Å². The number of carbonyl (C=O) groups is 1. The van der Waals surface area contributed by atoms with Gasteiger partial charge in [-0.3, -0.25) is 0 Å². The van der Waals surface area contributed by atoms with Gasteiger partial charge in [0.1, 0.15) is 18.2 Å². The van der Waals surface area contributed by atoms with Gasteiger partial charge in [0.15, 0.2) is 11.6 Å². The van der Waals surface area contributed by atoms with E-state index in [4.69, 9.17) is 9.47 Å². The zero-order chi connectivity index (χ0) is 19.8. The molecule has 0 heterocycles. The van der Waals surface area contributed by atoms with Gasteiger partial charge in [-0.1, -0.05) is 19.1 Å². The number of methoxy groups -OCH3 is 1. The van der Waals surface area contributed by atoms with Crippen molar-refractivity contribution in [3.05, 3.63) is 59.7 Å². The third kappa shape index (κ3) is 6.13. The van der Waals surface area contributed by atoms with Crippen molar-refractivity contribution >= 4 is 6.03 Å². The Hall–Kier alpha value is -2.83. The normalized spacial score (nSPS) is 12.8. The van der Waals surface area contributed by atoms with Gasteiger partial charge in [-0.15, -0.1) is 0 Å². The van der Waals surface area contributed by atoms with Gasteiger partial charge in [-0.05, 0) is 43.2 Å². The van der Waals surface area contributed by atoms with Crippen molar-refractivity contribution in [1.82, 2.24) is 10.6 Å². The van der Waals surface area contributed by atoms with Crippen LogP contribution >= 0.6 is 0 Å². The summed E-state index contributed by atoms with van der Waals surface area (Å²) in [7, 11) is 1.60. The molecule has 146 valence electrons. The lowest BCUT2D eigenvalue weighted by molar-refractivity contribution is 0.221. The highest BCUT2D eigenvalue weighted by atomic mass is 19.1. The predicted octanol–water partition coefficient (Wildman–Crippen LogP) is 4.19. The average Bonchev–Trinajstić information content (AvgIpc) is 2.65. The predicted molar refractivity (Wildman–Crippen MR) is 99.0 cm³/mol. The number of ether oxygens (including phenoxy) is 2. The minimum absolute atomic E-state index is 0.0509. The van der Waals surface area contributed by atoms with Crippen molar-refractivity contribution in [1.29, 1.82) is 0 Å². The fourth-order valence-corrected chi connectivity index (χ4v) is 2.53. The first-order valence-electron chi connectivity index (χ1n) is 8.71. The van der Waals surface area contributed by atoms with Crippen LogP contribution < -0.4 is 20.1 Å². The third-order valence-electron chi connectivity index (χ3n) is 3.99. The van der Waals surface area contributed by atoms with Crippen LogP contribution in [0.4, 0.5) is 13.6 Å². The molecule has 0 fully saturated rings. The summed E-state index contributed by atoms with van der Waals surface area (Å²) in [4.78, 5) is 12.2. The average molecular weight is 378 g/mol. The van der Waals surface area contributed by atoms with Crippen LogP contribution in [0.3, 0.4) is 0 Å². The van der Waals surface area contributed by atoms with Crippen LogP contribution in [0.5, 0.6) is 11.5 Å². The lowest BCUT2D eigenvalue weighted by Crippen LogP contribution is -2.44. The number of nitrogens with one attached hydrogen (secondary N) is 2. The molecule has 0 aliphatic heterocycles. The van der Waals surface area contributed by atoms with Crippen LogP contribution in [0.2, 0.25) is 0 Å². The zero-order valence-electron chi connectivity index (χ0n) is 15.6. The van der Waals surface area contributed by atoms with E-state index >= 15 is 0 Å². The number of benzene rings is 2. The second kappa shape index (κ2) is 9.75. The molecule has 0 saturated heterocycles. The summed E-state index contributed by atoms with van der Waals surface area (Å²) in [6, 6.07) is 9.68. The summed E-state index contributed by atoms with van der Waals surface area (Å²) in [5, 5.41) is 5.64. The Labute approximate surface area is 157 Å². The van der Waals surface area contributed by atoms with Crippen molar-refractivity contribution in [2.24, 2.45) is 0 Å². The molecule has 0 saturated carbocycles. The van der Waals surface area contributed by atoms with Gasteiger partial charge in [0.05, 0.1) is 19.2 Å². The Balaban J connectivity index is 1.85. The maximum Gasteiger partial charge on any atom is 0.315 e. The quantitative estimate of drug-likeness (QED) is 0.724. The number of hydrogen-bond donors (Lipinski definition) is 2. The summed E-state index contributed by atoms with van der Waals surface area (Å²) in [6.07, 6.45) is 0.714. The second-order valence-corrected chi connectivity index (χ2v) is 6.14. The largest absolute Gasteiger partial charge is 0.497 e. The Bertz CT molecular complexity index is 753. The smallest absolute Gasteiger partial charge is 0.315 e. The zero-order valence-corrected chi connectivity index (χ0v) is 15.6. The monoisotopic (exact) mass is 378 g/mol. The molecule has 2 aromatic carbocycles. The van der Waals surface area contributed by atoms with Gasteiger partial charge in [-0.2, -0.15) is 0 Å². The molecular formula is C20H24F2N2O3. The number of carbonyl (C=O) groups excluding carboxylic acids is 1. The Morgan fingerprint density at radius 1 is 1.11 bits per heavy atom. The van der Waals surface area contributed by atoms with E-state index in [1.807, 2.05) is 31.2 Å². The van der Waals surface area contributed by atoms with E-state index < -0.39 is 11.6 Å². The van der Waals surface area contributed by atoms with Crippen LogP contribution in [0, 0.1) is 11.6 Å². The first-order valence-corrected chi connectivity index (χ1v) is 8.71. The maximum absolute atomic E-state index is 13.5. The van der Waals surface area contributed by atoms with Gasteiger partial charge < -0.3 is 20.1 Å². The highest BCUT2D eigenvalue weighted by Crippen LogP contribution is 2.20. The van der Waals surface area contributed by atoms with Crippen molar-refractivity contribution in [2.45, 2.75) is 32.4 Å². The first-order chi connectivity index (χ1) is 12.9. The molecule has 27 heavy (non-hydrogen) atoms. The molecule has 7 heteroatoms. The molecular weight excluding hydrogens is 354 g/mol. The van der Waals surface area contributed by atoms with Gasteiger partial charge in [0, 0.05) is 6.07 Å². The molecule has 0 aliphatic carbocycles. The Kier molecular flexibility index (Phi) is 7.40. The number of rotatable bonds is 8. The highest BCUT2D eigenvalue weighted by molar-refractivity contribution is 5.74. The maximum atomic E-state index is 13.5. The van der Waals surface area contributed by atoms with E-state index in [2.05, 4.69) is 10.6 Å². The number of urea groups is 1. The fraction of sp³-hybridized carbons (Fsp3) is 0.350. The summed E-state index contributed by atoms with van der Waals surface area (Å²) in [5.41, 5.74) is 0.964. The molecule has 0 aliphatic rings. The van der Waals surface area contributed by atoms with E-state index in [0.29, 0.717) is 6.42 Å². The number of halogens is 2. The standard InChI is InChI=1S/C20H24F2N2O3/c1-4-18(14-5-8-16(26-3)9-6-14)24-20(25)23-13(2)12-27-19-10-7-15(21)11-17(19)22/h5-11,13,18H,4,12H2,1-3H3,(H2,23,24,25). The topological polar surface area (TPSA) is 59.6 Å². The van der Waals surface area contributed by atoms with Crippen molar-refractivity contribution in [3.8, 4) is 11.5 Å². The van der Waals surface area contributed by atoms with E-state index in [-0.39, 0.29) is 30.5 Å². The molecule has 5 nitrogen and oxygen atoms in total. The van der Waals surface area contributed by atoms with Gasteiger partial charge in [0.2, 0.25) is 0 Å². The van der Waals surface area contributed by atoms with E-state index in [9.17, 15) is 13.6 Å². The molecule has 2 atom stereocenters. The third-order valence-corrected chi connectivity index (χ3v) is 3.99. The molecule has 0 spiro atoms. The highest BCUT2D eigenvalue weighted by Gasteiger charge is 2.15. The van der Waals surface area contributed by atoms with Crippen LogP contribution in [0.15, 0.2) is 42.5 Å². The van der Waals surface area contributed by atoms with E-state index in [1.165, 1.54) is 6.07 Å².